The number of benzene rings is 2. The number of hydrogen-bond acceptors (Lipinski definition) is 4. The van der Waals surface area contributed by atoms with E-state index in [-0.39, 0.29) is 30.2 Å². The second-order valence-electron chi connectivity index (χ2n) is 6.96. The molecule has 2 atom stereocenters. The number of rotatable bonds is 8. The third-order valence-corrected chi connectivity index (χ3v) is 4.81. The molecule has 6 nitrogen and oxygen atoms in total. The van der Waals surface area contributed by atoms with Gasteiger partial charge < -0.3 is 10.4 Å². The highest BCUT2D eigenvalue weighted by Gasteiger charge is 2.18. The molecule has 0 spiro atoms. The molecule has 146 valence electrons. The molecule has 3 N–H and O–H groups in total. The molecule has 0 radical (unpaired) electrons. The van der Waals surface area contributed by atoms with Crippen LogP contribution in [0.5, 0.6) is 0 Å². The number of aromatic amines is 1. The molecule has 3 rings (SSSR count). The van der Waals surface area contributed by atoms with Crippen LogP contribution in [0.4, 0.5) is 0 Å². The van der Waals surface area contributed by atoms with Crippen LogP contribution in [0.2, 0.25) is 5.02 Å². The zero-order valence-corrected chi connectivity index (χ0v) is 16.4. The minimum atomic E-state index is -0.278. The highest BCUT2D eigenvalue weighted by atomic mass is 35.5. The standard InChI is InChI=1S/C21H23ClN4O2/c1-14(13-27)9-19(24-21(28)20-12-23-26-25-20)10-15-5-7-16(8-6-15)17-3-2-4-18(22)11-17/h2-8,11-12,14,19,27H,9-10,13H2,1H3,(H,24,28)(H,23,25,26)/t14-,19-/m0/s1. The van der Waals surface area contributed by atoms with E-state index in [4.69, 9.17) is 11.6 Å². The van der Waals surface area contributed by atoms with Crippen molar-refractivity contribution in [2.75, 3.05) is 6.61 Å². The van der Waals surface area contributed by atoms with E-state index in [1.165, 1.54) is 6.20 Å². The molecule has 7 heteroatoms. The van der Waals surface area contributed by atoms with Crippen molar-refractivity contribution in [1.29, 1.82) is 0 Å². The molecular weight excluding hydrogens is 376 g/mol. The largest absolute Gasteiger partial charge is 0.396 e. The number of nitrogens with zero attached hydrogens (tertiary/aromatic N) is 2. The second kappa shape index (κ2) is 9.48. The predicted octanol–water partition coefficient (Wildman–Crippen LogP) is 3.48. The van der Waals surface area contributed by atoms with E-state index in [2.05, 4.69) is 32.9 Å². The maximum absolute atomic E-state index is 12.3. The van der Waals surface area contributed by atoms with Crippen LogP contribution in [-0.2, 0) is 6.42 Å². The van der Waals surface area contributed by atoms with Gasteiger partial charge in [-0.25, -0.2) is 0 Å². The van der Waals surface area contributed by atoms with E-state index in [0.29, 0.717) is 17.9 Å². The Kier molecular flexibility index (Phi) is 6.79. The smallest absolute Gasteiger partial charge is 0.273 e. The molecule has 2 aromatic carbocycles. The minimum absolute atomic E-state index is 0.0734. The van der Waals surface area contributed by atoms with Crippen LogP contribution in [0.25, 0.3) is 11.1 Å². The molecule has 1 aromatic heterocycles. The van der Waals surface area contributed by atoms with Crippen LogP contribution >= 0.6 is 11.6 Å². The maximum atomic E-state index is 12.3. The summed E-state index contributed by atoms with van der Waals surface area (Å²) in [6, 6.07) is 15.8. The van der Waals surface area contributed by atoms with Crippen molar-refractivity contribution in [1.82, 2.24) is 20.7 Å². The number of H-pyrrole nitrogens is 1. The van der Waals surface area contributed by atoms with Crippen LogP contribution in [0.3, 0.4) is 0 Å². The van der Waals surface area contributed by atoms with Gasteiger partial charge in [0.05, 0.1) is 6.20 Å². The van der Waals surface area contributed by atoms with Crippen molar-refractivity contribution in [2.24, 2.45) is 5.92 Å². The number of halogens is 1. The monoisotopic (exact) mass is 398 g/mol. The van der Waals surface area contributed by atoms with E-state index in [1.54, 1.807) is 0 Å². The van der Waals surface area contributed by atoms with Gasteiger partial charge in [-0.05, 0) is 47.6 Å². The normalized spacial score (nSPS) is 13.1. The number of carbonyl (C=O) groups excluding carboxylic acids is 1. The van der Waals surface area contributed by atoms with Gasteiger partial charge in [0.25, 0.3) is 5.91 Å². The van der Waals surface area contributed by atoms with Crippen molar-refractivity contribution in [2.45, 2.75) is 25.8 Å². The van der Waals surface area contributed by atoms with Gasteiger partial charge in [-0.3, -0.25) is 4.79 Å². The highest BCUT2D eigenvalue weighted by molar-refractivity contribution is 6.30. The van der Waals surface area contributed by atoms with Crippen molar-refractivity contribution < 1.29 is 9.90 Å². The Hall–Kier alpha value is -2.70. The Morgan fingerprint density at radius 1 is 1.21 bits per heavy atom. The predicted molar refractivity (Wildman–Crippen MR) is 109 cm³/mol. The fraction of sp³-hybridized carbons (Fsp3) is 0.286. The van der Waals surface area contributed by atoms with E-state index in [1.807, 2.05) is 43.3 Å². The Balaban J connectivity index is 1.71. The summed E-state index contributed by atoms with van der Waals surface area (Å²) in [5.41, 5.74) is 3.49. The number of nitrogens with one attached hydrogen (secondary N) is 2. The Morgan fingerprint density at radius 3 is 2.64 bits per heavy atom. The number of aromatic nitrogens is 3. The van der Waals surface area contributed by atoms with Crippen LogP contribution in [-0.4, -0.2) is 39.1 Å². The van der Waals surface area contributed by atoms with Gasteiger partial charge in [-0.15, -0.1) is 0 Å². The zero-order chi connectivity index (χ0) is 19.9. The first-order valence-electron chi connectivity index (χ1n) is 9.17. The van der Waals surface area contributed by atoms with Crippen molar-refractivity contribution in [3.05, 3.63) is 71.0 Å². The molecule has 3 aromatic rings. The molecule has 0 fully saturated rings. The van der Waals surface area contributed by atoms with Gasteiger partial charge in [0.2, 0.25) is 0 Å². The van der Waals surface area contributed by atoms with Crippen LogP contribution in [0.1, 0.15) is 29.4 Å². The first kappa shape index (κ1) is 20.0. The Bertz CT molecular complexity index is 897. The molecule has 0 saturated carbocycles. The van der Waals surface area contributed by atoms with Crippen LogP contribution in [0, 0.1) is 5.92 Å². The summed E-state index contributed by atoms with van der Waals surface area (Å²) in [5, 5.41) is 23.0. The zero-order valence-electron chi connectivity index (χ0n) is 15.6. The highest BCUT2D eigenvalue weighted by Crippen LogP contribution is 2.23. The summed E-state index contributed by atoms with van der Waals surface area (Å²) < 4.78 is 0. The molecule has 0 aliphatic carbocycles. The number of carbonyl (C=O) groups is 1. The number of hydrogen-bond donors (Lipinski definition) is 3. The van der Waals surface area contributed by atoms with Gasteiger partial charge in [-0.1, -0.05) is 54.9 Å². The van der Waals surface area contributed by atoms with Gasteiger partial charge in [0, 0.05) is 17.7 Å². The summed E-state index contributed by atoms with van der Waals surface area (Å²) in [7, 11) is 0. The van der Waals surface area contributed by atoms with Crippen molar-refractivity contribution in [3.8, 4) is 11.1 Å². The first-order valence-corrected chi connectivity index (χ1v) is 9.55. The number of amides is 1. The number of aliphatic hydroxyl groups is 1. The molecule has 28 heavy (non-hydrogen) atoms. The second-order valence-corrected chi connectivity index (χ2v) is 7.40. The molecule has 0 bridgehead atoms. The lowest BCUT2D eigenvalue weighted by atomic mass is 9.95. The van der Waals surface area contributed by atoms with E-state index >= 15 is 0 Å². The lowest BCUT2D eigenvalue weighted by molar-refractivity contribution is 0.0922. The lowest BCUT2D eigenvalue weighted by Gasteiger charge is -2.21. The maximum Gasteiger partial charge on any atom is 0.273 e. The van der Waals surface area contributed by atoms with Crippen LogP contribution < -0.4 is 5.32 Å². The van der Waals surface area contributed by atoms with Gasteiger partial charge in [0.1, 0.15) is 0 Å². The van der Waals surface area contributed by atoms with Gasteiger partial charge in [-0.2, -0.15) is 15.4 Å². The van der Waals surface area contributed by atoms with E-state index < -0.39 is 0 Å². The number of aliphatic hydroxyl groups excluding tert-OH is 1. The minimum Gasteiger partial charge on any atom is -0.396 e. The Morgan fingerprint density at radius 2 is 2.00 bits per heavy atom. The summed E-state index contributed by atoms with van der Waals surface area (Å²) >= 11 is 6.08. The van der Waals surface area contributed by atoms with E-state index in [9.17, 15) is 9.90 Å². The quantitative estimate of drug-likeness (QED) is 0.541. The molecule has 1 amide bonds. The summed E-state index contributed by atoms with van der Waals surface area (Å²) in [6.45, 7) is 2.03. The van der Waals surface area contributed by atoms with Crippen LogP contribution in [0.15, 0.2) is 54.7 Å². The summed E-state index contributed by atoms with van der Waals surface area (Å²) in [6.07, 6.45) is 2.71. The Labute approximate surface area is 168 Å². The first-order chi connectivity index (χ1) is 13.5. The average molecular weight is 399 g/mol. The molecule has 1 heterocycles. The van der Waals surface area contributed by atoms with E-state index in [0.717, 1.165) is 16.7 Å². The third kappa shape index (κ3) is 5.41. The molecule has 0 saturated heterocycles. The van der Waals surface area contributed by atoms with Gasteiger partial charge in [0.15, 0.2) is 5.69 Å². The molecule has 0 unspecified atom stereocenters. The summed E-state index contributed by atoms with van der Waals surface area (Å²) in [4.78, 5) is 12.3. The molecule has 0 aliphatic rings. The molecule has 0 aliphatic heterocycles. The van der Waals surface area contributed by atoms with Gasteiger partial charge >= 0.3 is 0 Å². The average Bonchev–Trinajstić information content (AvgIpc) is 3.23. The fourth-order valence-electron chi connectivity index (χ4n) is 3.11. The molecular formula is C21H23ClN4O2. The SMILES string of the molecule is C[C@H](CO)C[C@@H](Cc1ccc(-c2cccc(Cl)c2)cc1)NC(=O)c1cn[nH]n1. The topological polar surface area (TPSA) is 90.9 Å². The van der Waals surface area contributed by atoms with Crippen molar-refractivity contribution in [3.63, 3.8) is 0 Å². The third-order valence-electron chi connectivity index (χ3n) is 4.58. The summed E-state index contributed by atoms with van der Waals surface area (Å²) in [5.74, 6) is -0.201. The van der Waals surface area contributed by atoms with Crippen molar-refractivity contribution >= 4 is 17.5 Å². The lowest BCUT2D eigenvalue weighted by Crippen LogP contribution is -2.38. The fourth-order valence-corrected chi connectivity index (χ4v) is 3.30.